The van der Waals surface area contributed by atoms with Crippen LogP contribution < -0.4 is 0 Å². The molecular formula is C20H17Cl2N. The molecule has 3 aromatic rings. The molecule has 116 valence electrons. The summed E-state index contributed by atoms with van der Waals surface area (Å²) < 4.78 is 0. The summed E-state index contributed by atoms with van der Waals surface area (Å²) in [6, 6.07) is 22.5. The summed E-state index contributed by atoms with van der Waals surface area (Å²) in [6.45, 7) is 2.05. The first-order valence-electron chi connectivity index (χ1n) is 7.18. The normalized spacial score (nSPS) is 11.7. The first-order chi connectivity index (χ1) is 10.7. The van der Waals surface area contributed by atoms with Gasteiger partial charge in [-0.2, -0.15) is 0 Å². The highest BCUT2D eigenvalue weighted by atomic mass is 35.5. The van der Waals surface area contributed by atoms with E-state index in [0.717, 1.165) is 11.3 Å². The SMILES string of the molecule is Cc1cccc(N=C/C=C(\Cl)c2ccc3ccccc3c2)c1.Cl. The summed E-state index contributed by atoms with van der Waals surface area (Å²) in [5.41, 5.74) is 3.12. The van der Waals surface area contributed by atoms with Crippen LogP contribution in [-0.4, -0.2) is 6.21 Å². The third kappa shape index (κ3) is 4.44. The summed E-state index contributed by atoms with van der Waals surface area (Å²) in [4.78, 5) is 4.41. The van der Waals surface area contributed by atoms with Crippen LogP contribution in [0.1, 0.15) is 11.1 Å². The lowest BCUT2D eigenvalue weighted by Gasteiger charge is -2.02. The van der Waals surface area contributed by atoms with Crippen molar-refractivity contribution in [3.8, 4) is 0 Å². The van der Waals surface area contributed by atoms with Gasteiger partial charge in [0, 0.05) is 11.2 Å². The maximum Gasteiger partial charge on any atom is 0.0632 e. The lowest BCUT2D eigenvalue weighted by atomic mass is 10.1. The van der Waals surface area contributed by atoms with Gasteiger partial charge in [0.2, 0.25) is 0 Å². The minimum atomic E-state index is 0. The van der Waals surface area contributed by atoms with E-state index in [2.05, 4.69) is 42.2 Å². The standard InChI is InChI=1S/C20H16ClN.ClH/c1-15-5-4-8-19(13-15)22-12-11-20(21)18-10-9-16-6-2-3-7-17(16)14-18;/h2-14H,1H3;1H/b20-11-,22-12?;. The fourth-order valence-electron chi connectivity index (χ4n) is 2.33. The minimum Gasteiger partial charge on any atom is -0.257 e. The number of fused-ring (bicyclic) bond motifs is 1. The van der Waals surface area contributed by atoms with E-state index in [4.69, 9.17) is 11.6 Å². The number of rotatable bonds is 3. The molecule has 0 aliphatic carbocycles. The molecule has 3 heteroatoms. The number of aliphatic imine (C=N–C) groups is 1. The molecule has 0 aliphatic heterocycles. The summed E-state index contributed by atoms with van der Waals surface area (Å²) in [5, 5.41) is 3.08. The Balaban J connectivity index is 0.00000192. The molecule has 0 bridgehead atoms. The zero-order valence-electron chi connectivity index (χ0n) is 12.7. The monoisotopic (exact) mass is 341 g/mol. The van der Waals surface area contributed by atoms with E-state index in [9.17, 15) is 0 Å². The molecule has 0 spiro atoms. The lowest BCUT2D eigenvalue weighted by Crippen LogP contribution is -1.80. The fourth-order valence-corrected chi connectivity index (χ4v) is 2.51. The second-order valence-corrected chi connectivity index (χ2v) is 5.60. The van der Waals surface area contributed by atoms with Crippen LogP contribution in [0.4, 0.5) is 5.69 Å². The van der Waals surface area contributed by atoms with Crippen LogP contribution >= 0.6 is 24.0 Å². The summed E-state index contributed by atoms with van der Waals surface area (Å²) in [6.07, 6.45) is 3.57. The second kappa shape index (κ2) is 7.96. The minimum absolute atomic E-state index is 0. The van der Waals surface area contributed by atoms with Crippen molar-refractivity contribution in [2.24, 2.45) is 4.99 Å². The van der Waals surface area contributed by atoms with Gasteiger partial charge in [-0.05, 0) is 53.1 Å². The number of aryl methyl sites for hydroxylation is 1. The number of hydrogen-bond acceptors (Lipinski definition) is 1. The predicted molar refractivity (Wildman–Crippen MR) is 104 cm³/mol. The number of hydrogen-bond donors (Lipinski definition) is 0. The van der Waals surface area contributed by atoms with Gasteiger partial charge in [-0.1, -0.05) is 60.1 Å². The smallest absolute Gasteiger partial charge is 0.0632 e. The van der Waals surface area contributed by atoms with E-state index in [1.165, 1.54) is 16.3 Å². The van der Waals surface area contributed by atoms with Crippen molar-refractivity contribution >= 4 is 51.7 Å². The van der Waals surface area contributed by atoms with Crippen molar-refractivity contribution in [3.63, 3.8) is 0 Å². The Hall–Kier alpha value is -2.09. The Kier molecular flexibility index (Phi) is 5.97. The third-order valence-corrected chi connectivity index (χ3v) is 3.82. The van der Waals surface area contributed by atoms with Gasteiger partial charge in [0.05, 0.1) is 5.69 Å². The average Bonchev–Trinajstić information content (AvgIpc) is 2.54. The van der Waals surface area contributed by atoms with Crippen LogP contribution in [0.5, 0.6) is 0 Å². The van der Waals surface area contributed by atoms with E-state index in [0.29, 0.717) is 5.03 Å². The van der Waals surface area contributed by atoms with Crippen molar-refractivity contribution in [1.82, 2.24) is 0 Å². The van der Waals surface area contributed by atoms with Crippen molar-refractivity contribution < 1.29 is 0 Å². The number of halogens is 2. The van der Waals surface area contributed by atoms with Crippen molar-refractivity contribution in [2.75, 3.05) is 0 Å². The van der Waals surface area contributed by atoms with E-state index >= 15 is 0 Å². The molecule has 3 rings (SSSR count). The van der Waals surface area contributed by atoms with Crippen molar-refractivity contribution in [2.45, 2.75) is 6.92 Å². The molecule has 0 aliphatic rings. The first-order valence-corrected chi connectivity index (χ1v) is 7.56. The molecule has 0 amide bonds. The van der Waals surface area contributed by atoms with E-state index in [-0.39, 0.29) is 12.4 Å². The van der Waals surface area contributed by atoms with Gasteiger partial charge in [0.25, 0.3) is 0 Å². The van der Waals surface area contributed by atoms with Crippen molar-refractivity contribution in [3.05, 3.63) is 83.9 Å². The Morgan fingerprint density at radius 2 is 1.70 bits per heavy atom. The topological polar surface area (TPSA) is 12.4 Å². The molecule has 23 heavy (non-hydrogen) atoms. The number of nitrogens with zero attached hydrogens (tertiary/aromatic N) is 1. The molecule has 0 saturated carbocycles. The lowest BCUT2D eigenvalue weighted by molar-refractivity contribution is 1.43. The van der Waals surface area contributed by atoms with Crippen LogP contribution in [0, 0.1) is 6.92 Å². The second-order valence-electron chi connectivity index (χ2n) is 5.19. The molecule has 0 heterocycles. The van der Waals surface area contributed by atoms with Crippen LogP contribution in [0.2, 0.25) is 0 Å². The molecule has 0 radical (unpaired) electrons. The predicted octanol–water partition coefficient (Wildman–Crippen LogP) is 6.55. The van der Waals surface area contributed by atoms with Gasteiger partial charge >= 0.3 is 0 Å². The number of allylic oxidation sites excluding steroid dienone is 1. The van der Waals surface area contributed by atoms with E-state index < -0.39 is 0 Å². The third-order valence-electron chi connectivity index (χ3n) is 3.47. The molecule has 0 saturated heterocycles. The molecule has 0 atom stereocenters. The quantitative estimate of drug-likeness (QED) is 0.479. The largest absolute Gasteiger partial charge is 0.257 e. The van der Waals surface area contributed by atoms with Crippen LogP contribution in [0.15, 0.2) is 77.8 Å². The van der Waals surface area contributed by atoms with Gasteiger partial charge in [-0.15, -0.1) is 12.4 Å². The maximum absolute atomic E-state index is 6.37. The molecule has 3 aromatic carbocycles. The van der Waals surface area contributed by atoms with E-state index in [1.54, 1.807) is 6.21 Å². The Labute approximate surface area is 147 Å². The molecular weight excluding hydrogens is 325 g/mol. The summed E-state index contributed by atoms with van der Waals surface area (Å²) in [5.74, 6) is 0. The first kappa shape index (κ1) is 17.3. The zero-order valence-corrected chi connectivity index (χ0v) is 14.3. The maximum atomic E-state index is 6.37. The highest BCUT2D eigenvalue weighted by Crippen LogP contribution is 2.23. The summed E-state index contributed by atoms with van der Waals surface area (Å²) >= 11 is 6.37. The van der Waals surface area contributed by atoms with E-state index in [1.807, 2.05) is 42.5 Å². The Bertz CT molecular complexity index is 866. The fraction of sp³-hybridized carbons (Fsp3) is 0.0500. The highest BCUT2D eigenvalue weighted by molar-refractivity contribution is 6.49. The van der Waals surface area contributed by atoms with Gasteiger partial charge in [0.15, 0.2) is 0 Å². The molecule has 0 aromatic heterocycles. The van der Waals surface area contributed by atoms with Crippen LogP contribution in [0.3, 0.4) is 0 Å². The number of benzene rings is 3. The zero-order chi connectivity index (χ0) is 15.4. The Morgan fingerprint density at radius 3 is 2.48 bits per heavy atom. The molecule has 0 N–H and O–H groups in total. The van der Waals surface area contributed by atoms with Crippen molar-refractivity contribution in [1.29, 1.82) is 0 Å². The van der Waals surface area contributed by atoms with Crippen LogP contribution in [-0.2, 0) is 0 Å². The average molecular weight is 342 g/mol. The molecule has 0 unspecified atom stereocenters. The van der Waals surface area contributed by atoms with Gasteiger partial charge in [-0.25, -0.2) is 0 Å². The van der Waals surface area contributed by atoms with Crippen LogP contribution in [0.25, 0.3) is 15.8 Å². The van der Waals surface area contributed by atoms with Gasteiger partial charge in [-0.3, -0.25) is 4.99 Å². The molecule has 1 nitrogen and oxygen atoms in total. The summed E-state index contributed by atoms with van der Waals surface area (Å²) in [7, 11) is 0. The van der Waals surface area contributed by atoms with Gasteiger partial charge in [0.1, 0.15) is 0 Å². The highest BCUT2D eigenvalue weighted by Gasteiger charge is 1.99. The molecule has 0 fully saturated rings. The van der Waals surface area contributed by atoms with Gasteiger partial charge < -0.3 is 0 Å². The Morgan fingerprint density at radius 1 is 0.913 bits per heavy atom.